The van der Waals surface area contributed by atoms with Crippen molar-refractivity contribution < 1.29 is 32.2 Å². The lowest BCUT2D eigenvalue weighted by Crippen LogP contribution is -2.24. The van der Waals surface area contributed by atoms with E-state index in [4.69, 9.17) is 9.47 Å². The molecule has 11 heteroatoms. The van der Waals surface area contributed by atoms with Crippen molar-refractivity contribution >= 4 is 5.97 Å². The third kappa shape index (κ3) is 7.11. The van der Waals surface area contributed by atoms with E-state index in [2.05, 4.69) is 9.84 Å². The van der Waals surface area contributed by atoms with Gasteiger partial charge >= 0.3 is 18.0 Å². The first kappa shape index (κ1) is 25.9. The number of aromatic nitrogens is 3. The second-order valence-corrected chi connectivity index (χ2v) is 7.86. The Balaban J connectivity index is 1.67. The second kappa shape index (κ2) is 11.1. The molecule has 0 saturated carbocycles. The standard InChI is InChI=1S/C24H26F3N3O5/c1-4-5-21(31)33-10-11-34-22-16(2)12-18(13-17(22)3)14-30-23(32)29(15-28-30)19-6-8-20(9-7-19)35-24(25,26)27/h6-9,12-13,15H,4-5,10-11,14H2,1-3H3. The predicted molar refractivity (Wildman–Crippen MR) is 121 cm³/mol. The van der Waals surface area contributed by atoms with Crippen LogP contribution in [-0.2, 0) is 16.1 Å². The molecular weight excluding hydrogens is 467 g/mol. The molecule has 35 heavy (non-hydrogen) atoms. The van der Waals surface area contributed by atoms with Crippen molar-refractivity contribution in [1.82, 2.24) is 14.3 Å². The summed E-state index contributed by atoms with van der Waals surface area (Å²) >= 11 is 0. The van der Waals surface area contributed by atoms with Gasteiger partial charge in [0, 0.05) is 6.42 Å². The molecule has 8 nitrogen and oxygen atoms in total. The third-order valence-electron chi connectivity index (χ3n) is 4.98. The highest BCUT2D eigenvalue weighted by Crippen LogP contribution is 2.25. The molecule has 0 N–H and O–H groups in total. The second-order valence-electron chi connectivity index (χ2n) is 7.86. The normalized spacial score (nSPS) is 11.4. The van der Waals surface area contributed by atoms with Crippen LogP contribution in [0.15, 0.2) is 47.5 Å². The molecule has 0 amide bonds. The summed E-state index contributed by atoms with van der Waals surface area (Å²) in [7, 11) is 0. The van der Waals surface area contributed by atoms with Crippen LogP contribution in [-0.4, -0.2) is 39.9 Å². The van der Waals surface area contributed by atoms with Crippen molar-refractivity contribution in [3.05, 3.63) is 69.9 Å². The highest BCUT2D eigenvalue weighted by atomic mass is 19.4. The largest absolute Gasteiger partial charge is 0.573 e. The van der Waals surface area contributed by atoms with Gasteiger partial charge in [-0.25, -0.2) is 14.0 Å². The molecule has 0 aliphatic heterocycles. The Hall–Kier alpha value is -3.76. The molecule has 0 aliphatic carbocycles. The van der Waals surface area contributed by atoms with E-state index in [1.54, 1.807) is 0 Å². The molecule has 2 aromatic carbocycles. The zero-order chi connectivity index (χ0) is 25.6. The van der Waals surface area contributed by atoms with Crippen molar-refractivity contribution in [2.24, 2.45) is 0 Å². The maximum absolute atomic E-state index is 12.8. The van der Waals surface area contributed by atoms with Crippen LogP contribution in [0.3, 0.4) is 0 Å². The van der Waals surface area contributed by atoms with Crippen LogP contribution in [0.2, 0.25) is 0 Å². The van der Waals surface area contributed by atoms with Gasteiger partial charge in [0.25, 0.3) is 0 Å². The average molecular weight is 493 g/mol. The fourth-order valence-electron chi connectivity index (χ4n) is 3.54. The maximum Gasteiger partial charge on any atom is 0.573 e. The number of esters is 1. The number of benzene rings is 2. The monoisotopic (exact) mass is 493 g/mol. The van der Waals surface area contributed by atoms with Crippen LogP contribution in [0.4, 0.5) is 13.2 Å². The minimum absolute atomic E-state index is 0.162. The van der Waals surface area contributed by atoms with E-state index in [0.29, 0.717) is 17.9 Å². The van der Waals surface area contributed by atoms with Crippen LogP contribution in [0.25, 0.3) is 5.69 Å². The van der Waals surface area contributed by atoms with Gasteiger partial charge in [-0.05, 0) is 61.2 Å². The molecule has 0 radical (unpaired) electrons. The lowest BCUT2D eigenvalue weighted by molar-refractivity contribution is -0.274. The number of alkyl halides is 3. The van der Waals surface area contributed by atoms with Gasteiger partial charge in [-0.15, -0.1) is 13.2 Å². The molecule has 0 fully saturated rings. The van der Waals surface area contributed by atoms with Crippen LogP contribution >= 0.6 is 0 Å². The molecule has 0 atom stereocenters. The van der Waals surface area contributed by atoms with Crippen LogP contribution in [0, 0.1) is 13.8 Å². The summed E-state index contributed by atoms with van der Waals surface area (Å²) in [6.07, 6.45) is -2.38. The molecule has 0 saturated heterocycles. The Bertz CT molecular complexity index is 1190. The number of carbonyl (C=O) groups is 1. The van der Waals surface area contributed by atoms with Gasteiger partial charge < -0.3 is 14.2 Å². The molecule has 0 spiro atoms. The Morgan fingerprint density at radius 2 is 1.71 bits per heavy atom. The van der Waals surface area contributed by atoms with Crippen LogP contribution in [0.5, 0.6) is 11.5 Å². The predicted octanol–water partition coefficient (Wildman–Crippen LogP) is 4.32. The van der Waals surface area contributed by atoms with Gasteiger partial charge in [0.2, 0.25) is 0 Å². The Kier molecular flexibility index (Phi) is 8.21. The summed E-state index contributed by atoms with van der Waals surface area (Å²) in [5.41, 5.74) is 2.44. The SMILES string of the molecule is CCCC(=O)OCCOc1c(C)cc(Cn2ncn(-c3ccc(OC(F)(F)F)cc3)c2=O)cc1C. The first-order valence-electron chi connectivity index (χ1n) is 11.0. The summed E-state index contributed by atoms with van der Waals surface area (Å²) in [6, 6.07) is 8.69. The van der Waals surface area contributed by atoms with E-state index in [1.807, 2.05) is 32.9 Å². The molecule has 188 valence electrons. The fourth-order valence-corrected chi connectivity index (χ4v) is 3.54. The van der Waals surface area contributed by atoms with Crippen molar-refractivity contribution in [3.8, 4) is 17.2 Å². The zero-order valence-electron chi connectivity index (χ0n) is 19.6. The number of halogens is 3. The number of rotatable bonds is 10. The van der Waals surface area contributed by atoms with Gasteiger partial charge in [0.1, 0.15) is 31.0 Å². The van der Waals surface area contributed by atoms with Crippen LogP contribution in [0.1, 0.15) is 36.5 Å². The minimum atomic E-state index is -4.79. The van der Waals surface area contributed by atoms with Gasteiger partial charge in [-0.3, -0.25) is 4.79 Å². The summed E-state index contributed by atoms with van der Waals surface area (Å²) in [5, 5.41) is 4.12. The van der Waals surface area contributed by atoms with Gasteiger partial charge in [-0.2, -0.15) is 5.10 Å². The first-order chi connectivity index (χ1) is 16.6. The van der Waals surface area contributed by atoms with E-state index >= 15 is 0 Å². The number of ether oxygens (including phenoxy) is 3. The maximum atomic E-state index is 12.8. The Labute approximate surface area is 199 Å². The van der Waals surface area contributed by atoms with Crippen molar-refractivity contribution in [2.75, 3.05) is 13.2 Å². The number of nitrogens with zero attached hydrogens (tertiary/aromatic N) is 3. The lowest BCUT2D eigenvalue weighted by Gasteiger charge is -2.14. The summed E-state index contributed by atoms with van der Waals surface area (Å²) < 4.78 is 54.2. The topological polar surface area (TPSA) is 84.6 Å². The van der Waals surface area contributed by atoms with E-state index in [9.17, 15) is 22.8 Å². The van der Waals surface area contributed by atoms with Gasteiger partial charge in [-0.1, -0.05) is 19.1 Å². The first-order valence-corrected chi connectivity index (χ1v) is 11.0. The zero-order valence-corrected chi connectivity index (χ0v) is 19.6. The van der Waals surface area contributed by atoms with E-state index in [1.165, 1.54) is 27.7 Å². The molecule has 0 bridgehead atoms. The average Bonchev–Trinajstić information content (AvgIpc) is 3.12. The molecule has 1 aromatic heterocycles. The van der Waals surface area contributed by atoms with Gasteiger partial charge in [0.05, 0.1) is 12.2 Å². The summed E-state index contributed by atoms with van der Waals surface area (Å²) in [5.74, 6) is 0.0451. The summed E-state index contributed by atoms with van der Waals surface area (Å²) in [4.78, 5) is 24.2. The number of hydrogen-bond donors (Lipinski definition) is 0. The fraction of sp³-hybridized carbons (Fsp3) is 0.375. The molecular formula is C24H26F3N3O5. The molecule has 0 aliphatic rings. The number of hydrogen-bond acceptors (Lipinski definition) is 6. The van der Waals surface area contributed by atoms with Crippen molar-refractivity contribution in [1.29, 1.82) is 0 Å². The van der Waals surface area contributed by atoms with Crippen molar-refractivity contribution in [3.63, 3.8) is 0 Å². The highest BCUT2D eigenvalue weighted by Gasteiger charge is 2.31. The quantitative estimate of drug-likeness (QED) is 0.309. The molecule has 1 heterocycles. The summed E-state index contributed by atoms with van der Waals surface area (Å²) in [6.45, 7) is 6.24. The molecule has 3 rings (SSSR count). The Morgan fingerprint density at radius 1 is 1.06 bits per heavy atom. The smallest absolute Gasteiger partial charge is 0.489 e. The van der Waals surface area contributed by atoms with E-state index in [-0.39, 0.29) is 31.5 Å². The van der Waals surface area contributed by atoms with Crippen molar-refractivity contribution in [2.45, 2.75) is 46.5 Å². The highest BCUT2D eigenvalue weighted by molar-refractivity contribution is 5.69. The lowest BCUT2D eigenvalue weighted by atomic mass is 10.1. The molecule has 3 aromatic rings. The number of aryl methyl sites for hydroxylation is 2. The third-order valence-corrected chi connectivity index (χ3v) is 4.98. The van der Waals surface area contributed by atoms with E-state index in [0.717, 1.165) is 35.2 Å². The van der Waals surface area contributed by atoms with Gasteiger partial charge in [0.15, 0.2) is 0 Å². The number of carbonyl (C=O) groups excluding carboxylic acids is 1. The van der Waals surface area contributed by atoms with E-state index < -0.39 is 12.1 Å². The molecule has 0 unspecified atom stereocenters. The minimum Gasteiger partial charge on any atom is -0.489 e. The van der Waals surface area contributed by atoms with Crippen LogP contribution < -0.4 is 15.2 Å². The Morgan fingerprint density at radius 3 is 2.31 bits per heavy atom.